The van der Waals surface area contributed by atoms with Crippen molar-refractivity contribution in [1.82, 2.24) is 0 Å². The number of fused-ring (bicyclic) bond motifs is 3. The minimum Gasteiger partial charge on any atom is -0.508 e. The zero-order chi connectivity index (χ0) is 16.0. The lowest BCUT2D eigenvalue weighted by atomic mass is 9.54. The van der Waals surface area contributed by atoms with Crippen molar-refractivity contribution >= 4 is 15.7 Å². The number of sulfone groups is 1. The summed E-state index contributed by atoms with van der Waals surface area (Å²) in [5.74, 6) is -0.0690. The van der Waals surface area contributed by atoms with Crippen LogP contribution in [0.1, 0.15) is 38.5 Å². The molecule has 1 amide bonds. The second-order valence-corrected chi connectivity index (χ2v) is 8.89. The highest BCUT2D eigenvalue weighted by atomic mass is 32.2. The van der Waals surface area contributed by atoms with Gasteiger partial charge in [-0.05, 0) is 68.2 Å². The quantitative estimate of drug-likeness (QED) is 0.885. The third kappa shape index (κ3) is 2.49. The lowest BCUT2D eigenvalue weighted by molar-refractivity contribution is -0.136. The van der Waals surface area contributed by atoms with E-state index < -0.39 is 15.3 Å². The second kappa shape index (κ2) is 4.98. The zero-order valence-electron chi connectivity index (χ0n) is 12.4. The van der Waals surface area contributed by atoms with Gasteiger partial charge in [0.05, 0.1) is 10.6 Å². The van der Waals surface area contributed by atoms with E-state index in [9.17, 15) is 18.3 Å². The number of benzene rings is 1. The Morgan fingerprint density at radius 3 is 2.00 bits per heavy atom. The number of primary amides is 1. The van der Waals surface area contributed by atoms with E-state index in [4.69, 9.17) is 5.73 Å². The molecule has 0 saturated heterocycles. The molecule has 0 aromatic heterocycles. The summed E-state index contributed by atoms with van der Waals surface area (Å²) in [4.78, 5) is 11.9. The van der Waals surface area contributed by atoms with Crippen LogP contribution >= 0.6 is 0 Å². The van der Waals surface area contributed by atoms with Crippen LogP contribution in [0.25, 0.3) is 0 Å². The van der Waals surface area contributed by atoms with Crippen molar-refractivity contribution < 1.29 is 18.3 Å². The maximum Gasteiger partial charge on any atom is 0.223 e. The molecule has 1 aromatic rings. The van der Waals surface area contributed by atoms with Crippen LogP contribution < -0.4 is 5.73 Å². The molecule has 0 heterocycles. The van der Waals surface area contributed by atoms with E-state index in [-0.39, 0.29) is 27.7 Å². The van der Waals surface area contributed by atoms with Crippen molar-refractivity contribution in [2.45, 2.75) is 43.4 Å². The van der Waals surface area contributed by atoms with Crippen LogP contribution in [0.2, 0.25) is 0 Å². The SMILES string of the molecule is NC(=O)C12CCC(CS(=O)(=O)c3ccc(O)cc3)(CC1)CC2. The van der Waals surface area contributed by atoms with E-state index in [1.54, 1.807) is 0 Å². The Balaban J connectivity index is 1.79. The van der Waals surface area contributed by atoms with Crippen molar-refractivity contribution in [3.63, 3.8) is 0 Å². The fourth-order valence-electron chi connectivity index (χ4n) is 3.99. The summed E-state index contributed by atoms with van der Waals surface area (Å²) in [5, 5.41) is 9.29. The molecule has 3 aliphatic rings. The molecule has 0 radical (unpaired) electrons. The van der Waals surface area contributed by atoms with Crippen molar-refractivity contribution in [3.05, 3.63) is 24.3 Å². The summed E-state index contributed by atoms with van der Waals surface area (Å²) in [5.41, 5.74) is 4.91. The lowest BCUT2D eigenvalue weighted by Crippen LogP contribution is -2.50. The molecule has 6 heteroatoms. The van der Waals surface area contributed by atoms with Gasteiger partial charge in [0.25, 0.3) is 0 Å². The molecule has 22 heavy (non-hydrogen) atoms. The number of amides is 1. The first-order valence-corrected chi connectivity index (χ1v) is 9.24. The van der Waals surface area contributed by atoms with Crippen LogP contribution in [0, 0.1) is 10.8 Å². The summed E-state index contributed by atoms with van der Waals surface area (Å²) >= 11 is 0. The largest absolute Gasteiger partial charge is 0.508 e. The van der Waals surface area contributed by atoms with Crippen LogP contribution in [0.4, 0.5) is 0 Å². The van der Waals surface area contributed by atoms with Gasteiger partial charge in [-0.3, -0.25) is 4.79 Å². The number of carbonyl (C=O) groups is 1. The minimum absolute atomic E-state index is 0.0543. The standard InChI is InChI=1S/C16H21NO4S/c17-14(19)16-8-5-15(6-9-16,7-10-16)11-22(20,21)13-3-1-12(18)2-4-13/h1-4,18H,5-11H2,(H2,17,19). The van der Waals surface area contributed by atoms with E-state index in [2.05, 4.69) is 0 Å². The molecule has 3 N–H and O–H groups in total. The van der Waals surface area contributed by atoms with Crippen LogP contribution in [-0.4, -0.2) is 25.2 Å². The molecule has 0 spiro atoms. The first kappa shape index (κ1) is 15.3. The van der Waals surface area contributed by atoms with Gasteiger partial charge in [0.2, 0.25) is 5.91 Å². The van der Waals surface area contributed by atoms with Gasteiger partial charge in [0.15, 0.2) is 9.84 Å². The second-order valence-electron chi connectivity index (χ2n) is 6.90. The topological polar surface area (TPSA) is 97.5 Å². The van der Waals surface area contributed by atoms with Crippen molar-refractivity contribution in [3.8, 4) is 5.75 Å². The summed E-state index contributed by atoms with van der Waals surface area (Å²) in [7, 11) is -3.39. The molecule has 4 rings (SSSR count). The summed E-state index contributed by atoms with van der Waals surface area (Å²) in [6, 6.07) is 5.68. The third-order valence-electron chi connectivity index (χ3n) is 5.62. The number of phenolic OH excluding ortho intramolecular Hbond substituents is 1. The Hall–Kier alpha value is -1.56. The average molecular weight is 323 g/mol. The fourth-order valence-corrected chi connectivity index (χ4v) is 5.95. The maximum atomic E-state index is 12.6. The third-order valence-corrected chi connectivity index (χ3v) is 7.60. The van der Waals surface area contributed by atoms with Crippen LogP contribution in [0.3, 0.4) is 0 Å². The van der Waals surface area contributed by atoms with Crippen molar-refractivity contribution in [2.24, 2.45) is 16.6 Å². The molecule has 0 atom stereocenters. The van der Waals surface area contributed by atoms with Gasteiger partial charge < -0.3 is 10.8 Å². The normalized spacial score (nSPS) is 31.1. The van der Waals surface area contributed by atoms with E-state index in [0.717, 1.165) is 19.3 Å². The minimum atomic E-state index is -3.39. The van der Waals surface area contributed by atoms with Gasteiger partial charge >= 0.3 is 0 Å². The molecular formula is C16H21NO4S. The van der Waals surface area contributed by atoms with E-state index in [1.807, 2.05) is 0 Å². The monoisotopic (exact) mass is 323 g/mol. The number of rotatable bonds is 4. The predicted molar refractivity (Wildman–Crippen MR) is 81.9 cm³/mol. The molecular weight excluding hydrogens is 302 g/mol. The summed E-state index contributed by atoms with van der Waals surface area (Å²) < 4.78 is 25.3. The maximum absolute atomic E-state index is 12.6. The van der Waals surface area contributed by atoms with Crippen LogP contribution in [0.15, 0.2) is 29.2 Å². The van der Waals surface area contributed by atoms with E-state index >= 15 is 0 Å². The summed E-state index contributed by atoms with van der Waals surface area (Å²) in [6.07, 6.45) is 4.34. The molecule has 0 unspecified atom stereocenters. The average Bonchev–Trinajstić information content (AvgIpc) is 2.48. The highest BCUT2D eigenvalue weighted by Crippen LogP contribution is 2.57. The van der Waals surface area contributed by atoms with E-state index in [0.29, 0.717) is 19.3 Å². The van der Waals surface area contributed by atoms with Gasteiger partial charge in [-0.2, -0.15) is 0 Å². The van der Waals surface area contributed by atoms with Gasteiger partial charge in [-0.25, -0.2) is 8.42 Å². The van der Waals surface area contributed by atoms with Gasteiger partial charge in [-0.1, -0.05) is 0 Å². The van der Waals surface area contributed by atoms with Gasteiger partial charge in [-0.15, -0.1) is 0 Å². The van der Waals surface area contributed by atoms with Crippen LogP contribution in [-0.2, 0) is 14.6 Å². The van der Waals surface area contributed by atoms with Crippen molar-refractivity contribution in [2.75, 3.05) is 5.75 Å². The molecule has 120 valence electrons. The van der Waals surface area contributed by atoms with Crippen molar-refractivity contribution in [1.29, 1.82) is 0 Å². The highest BCUT2D eigenvalue weighted by molar-refractivity contribution is 7.91. The fraction of sp³-hybridized carbons (Fsp3) is 0.562. The number of nitrogens with two attached hydrogens (primary N) is 1. The highest BCUT2D eigenvalue weighted by Gasteiger charge is 2.52. The molecule has 3 fully saturated rings. The van der Waals surface area contributed by atoms with Gasteiger partial charge in [0.1, 0.15) is 5.75 Å². The Morgan fingerprint density at radius 2 is 1.55 bits per heavy atom. The first-order chi connectivity index (χ1) is 10.3. The molecule has 1 aromatic carbocycles. The Kier molecular flexibility index (Phi) is 3.47. The molecule has 0 aliphatic heterocycles. The smallest absolute Gasteiger partial charge is 0.223 e. The summed E-state index contributed by atoms with van der Waals surface area (Å²) in [6.45, 7) is 0. The molecule has 5 nitrogen and oxygen atoms in total. The Labute approximate surface area is 130 Å². The number of hydrogen-bond acceptors (Lipinski definition) is 4. The molecule has 3 saturated carbocycles. The predicted octanol–water partition coefficient (Wildman–Crippen LogP) is 1.99. The first-order valence-electron chi connectivity index (χ1n) is 7.59. The zero-order valence-corrected chi connectivity index (χ0v) is 13.2. The number of phenols is 1. The van der Waals surface area contributed by atoms with Gasteiger partial charge in [0, 0.05) is 5.41 Å². The van der Waals surface area contributed by atoms with E-state index in [1.165, 1.54) is 24.3 Å². The lowest BCUT2D eigenvalue weighted by Gasteiger charge is -2.51. The van der Waals surface area contributed by atoms with Crippen LogP contribution in [0.5, 0.6) is 5.75 Å². The molecule has 2 bridgehead atoms. The molecule has 3 aliphatic carbocycles. The number of hydrogen-bond donors (Lipinski definition) is 2. The Bertz CT molecular complexity index is 669. The number of carbonyl (C=O) groups excluding carboxylic acids is 1. The number of aromatic hydroxyl groups is 1. The Morgan fingerprint density at radius 1 is 1.05 bits per heavy atom.